The Morgan fingerprint density at radius 1 is 0.905 bits per heavy atom. The van der Waals surface area contributed by atoms with E-state index in [2.05, 4.69) is 63.3 Å². The van der Waals surface area contributed by atoms with Gasteiger partial charge in [-0.1, -0.05) is 29.8 Å². The summed E-state index contributed by atoms with van der Waals surface area (Å²) >= 11 is 0. The van der Waals surface area contributed by atoms with Gasteiger partial charge >= 0.3 is 0 Å². The molecule has 2 heteroatoms. The molecular weight excluding hydrogens is 258 g/mol. The largest absolute Gasteiger partial charge is 0.492 e. The molecule has 2 aromatic rings. The van der Waals surface area contributed by atoms with Crippen molar-refractivity contribution in [3.05, 3.63) is 64.2 Å². The minimum absolute atomic E-state index is 0.201. The summed E-state index contributed by atoms with van der Waals surface area (Å²) in [6, 6.07) is 13.0. The van der Waals surface area contributed by atoms with Crippen molar-refractivity contribution in [3.8, 4) is 5.75 Å². The van der Waals surface area contributed by atoms with Crippen molar-refractivity contribution in [1.29, 1.82) is 0 Å². The van der Waals surface area contributed by atoms with E-state index in [0.29, 0.717) is 6.61 Å². The Morgan fingerprint density at radius 2 is 1.67 bits per heavy atom. The molecule has 0 spiro atoms. The number of ether oxygens (including phenoxy) is 1. The minimum Gasteiger partial charge on any atom is -0.492 e. The maximum Gasteiger partial charge on any atom is 0.119 e. The Hall–Kier alpha value is -1.80. The highest BCUT2D eigenvalue weighted by Gasteiger charge is 2.13. The van der Waals surface area contributed by atoms with Gasteiger partial charge in [-0.25, -0.2) is 0 Å². The highest BCUT2D eigenvalue weighted by atomic mass is 16.5. The molecule has 2 nitrogen and oxygen atoms in total. The van der Waals surface area contributed by atoms with Crippen molar-refractivity contribution in [1.82, 2.24) is 5.32 Å². The van der Waals surface area contributed by atoms with Crippen LogP contribution in [0.2, 0.25) is 0 Å². The molecule has 2 aromatic carbocycles. The summed E-state index contributed by atoms with van der Waals surface area (Å²) in [5.41, 5.74) is 6.45. The molecule has 0 saturated heterocycles. The van der Waals surface area contributed by atoms with Gasteiger partial charge in [-0.3, -0.25) is 0 Å². The topological polar surface area (TPSA) is 21.3 Å². The lowest BCUT2D eigenvalue weighted by molar-refractivity contribution is 0.272. The Labute approximate surface area is 128 Å². The fourth-order valence-electron chi connectivity index (χ4n) is 2.53. The lowest BCUT2D eigenvalue weighted by Gasteiger charge is -2.20. The van der Waals surface area contributed by atoms with Crippen LogP contribution in [0, 0.1) is 27.7 Å². The lowest BCUT2D eigenvalue weighted by atomic mass is 10.00. The van der Waals surface area contributed by atoms with Crippen LogP contribution >= 0.6 is 0 Å². The standard InChI is InChI=1S/C19H25NO/c1-13-6-9-18(16(4)10-13)19(20-5)12-21-17-8-7-14(2)15(3)11-17/h6-11,19-20H,12H2,1-5H3. The summed E-state index contributed by atoms with van der Waals surface area (Å²) in [6.45, 7) is 9.13. The van der Waals surface area contributed by atoms with E-state index < -0.39 is 0 Å². The van der Waals surface area contributed by atoms with E-state index in [1.807, 2.05) is 13.1 Å². The third kappa shape index (κ3) is 3.85. The molecule has 0 aliphatic carbocycles. The van der Waals surface area contributed by atoms with Crippen LogP contribution in [0.25, 0.3) is 0 Å². The highest BCUT2D eigenvalue weighted by molar-refractivity contribution is 5.35. The van der Waals surface area contributed by atoms with Crippen LogP contribution in [0.15, 0.2) is 36.4 Å². The van der Waals surface area contributed by atoms with Crippen LogP contribution in [0.5, 0.6) is 5.75 Å². The van der Waals surface area contributed by atoms with Crippen molar-refractivity contribution in [2.45, 2.75) is 33.7 Å². The number of nitrogens with one attached hydrogen (secondary N) is 1. The molecule has 0 radical (unpaired) electrons. The molecule has 21 heavy (non-hydrogen) atoms. The predicted molar refractivity (Wildman–Crippen MR) is 89.1 cm³/mol. The van der Waals surface area contributed by atoms with Gasteiger partial charge in [0.05, 0.1) is 6.04 Å². The molecule has 0 saturated carbocycles. The summed E-state index contributed by atoms with van der Waals surface area (Å²) in [4.78, 5) is 0. The Balaban J connectivity index is 2.10. The zero-order valence-electron chi connectivity index (χ0n) is 13.7. The van der Waals surface area contributed by atoms with Gasteiger partial charge in [0.1, 0.15) is 12.4 Å². The van der Waals surface area contributed by atoms with Crippen molar-refractivity contribution >= 4 is 0 Å². The van der Waals surface area contributed by atoms with E-state index >= 15 is 0 Å². The van der Waals surface area contributed by atoms with Crippen LogP contribution < -0.4 is 10.1 Å². The molecule has 0 bridgehead atoms. The van der Waals surface area contributed by atoms with E-state index in [4.69, 9.17) is 4.74 Å². The molecule has 2 rings (SSSR count). The molecule has 1 atom stereocenters. The second-order valence-corrected chi connectivity index (χ2v) is 5.76. The predicted octanol–water partition coefficient (Wildman–Crippen LogP) is 4.26. The van der Waals surface area contributed by atoms with Gasteiger partial charge in [-0.05, 0) is 69.1 Å². The normalized spacial score (nSPS) is 12.2. The number of benzene rings is 2. The number of hydrogen-bond donors (Lipinski definition) is 1. The highest BCUT2D eigenvalue weighted by Crippen LogP contribution is 2.22. The van der Waals surface area contributed by atoms with Crippen molar-refractivity contribution in [2.24, 2.45) is 0 Å². The van der Waals surface area contributed by atoms with Crippen molar-refractivity contribution in [2.75, 3.05) is 13.7 Å². The Morgan fingerprint density at radius 3 is 2.29 bits per heavy atom. The fraction of sp³-hybridized carbons (Fsp3) is 0.368. The summed E-state index contributed by atoms with van der Waals surface area (Å²) in [5, 5.41) is 3.35. The van der Waals surface area contributed by atoms with E-state index in [1.54, 1.807) is 0 Å². The molecular formula is C19H25NO. The average Bonchev–Trinajstić information content (AvgIpc) is 2.45. The zero-order chi connectivity index (χ0) is 15.4. The summed E-state index contributed by atoms with van der Waals surface area (Å²) in [7, 11) is 1.98. The Bertz CT molecular complexity index is 619. The molecule has 0 aliphatic rings. The second kappa shape index (κ2) is 6.77. The second-order valence-electron chi connectivity index (χ2n) is 5.76. The van der Waals surface area contributed by atoms with Gasteiger partial charge in [0.2, 0.25) is 0 Å². The van der Waals surface area contributed by atoms with E-state index in [1.165, 1.54) is 27.8 Å². The molecule has 0 fully saturated rings. The van der Waals surface area contributed by atoms with Gasteiger partial charge in [0, 0.05) is 0 Å². The summed E-state index contributed by atoms with van der Waals surface area (Å²) in [6.07, 6.45) is 0. The third-order valence-corrected chi connectivity index (χ3v) is 4.04. The monoisotopic (exact) mass is 283 g/mol. The third-order valence-electron chi connectivity index (χ3n) is 4.04. The molecule has 112 valence electrons. The van der Waals surface area contributed by atoms with E-state index in [-0.39, 0.29) is 6.04 Å². The van der Waals surface area contributed by atoms with Gasteiger partial charge < -0.3 is 10.1 Å². The van der Waals surface area contributed by atoms with E-state index in [0.717, 1.165) is 5.75 Å². The van der Waals surface area contributed by atoms with Crippen molar-refractivity contribution < 1.29 is 4.74 Å². The number of rotatable bonds is 5. The van der Waals surface area contributed by atoms with Gasteiger partial charge in [-0.2, -0.15) is 0 Å². The smallest absolute Gasteiger partial charge is 0.119 e. The van der Waals surface area contributed by atoms with Gasteiger partial charge in [0.25, 0.3) is 0 Å². The van der Waals surface area contributed by atoms with Crippen LogP contribution in [0.1, 0.15) is 33.9 Å². The first-order valence-electron chi connectivity index (χ1n) is 7.45. The van der Waals surface area contributed by atoms with Crippen LogP contribution in [-0.4, -0.2) is 13.7 Å². The fourth-order valence-corrected chi connectivity index (χ4v) is 2.53. The molecule has 1 N–H and O–H groups in total. The lowest BCUT2D eigenvalue weighted by Crippen LogP contribution is -2.24. The summed E-state index contributed by atoms with van der Waals surface area (Å²) in [5.74, 6) is 0.933. The van der Waals surface area contributed by atoms with Gasteiger partial charge in [0.15, 0.2) is 0 Å². The average molecular weight is 283 g/mol. The maximum absolute atomic E-state index is 5.97. The first-order chi connectivity index (χ1) is 10.0. The van der Waals surface area contributed by atoms with Crippen LogP contribution in [-0.2, 0) is 0 Å². The summed E-state index contributed by atoms with van der Waals surface area (Å²) < 4.78 is 5.97. The molecule has 0 aliphatic heterocycles. The van der Waals surface area contributed by atoms with Crippen LogP contribution in [0.4, 0.5) is 0 Å². The van der Waals surface area contributed by atoms with Crippen LogP contribution in [0.3, 0.4) is 0 Å². The zero-order valence-corrected chi connectivity index (χ0v) is 13.7. The first-order valence-corrected chi connectivity index (χ1v) is 7.45. The Kier molecular flexibility index (Phi) is 5.03. The minimum atomic E-state index is 0.201. The molecule has 0 aromatic heterocycles. The molecule has 0 amide bonds. The number of hydrogen-bond acceptors (Lipinski definition) is 2. The number of aryl methyl sites for hydroxylation is 4. The molecule has 1 unspecified atom stereocenters. The first kappa shape index (κ1) is 15.6. The maximum atomic E-state index is 5.97. The van der Waals surface area contributed by atoms with Crippen molar-refractivity contribution in [3.63, 3.8) is 0 Å². The van der Waals surface area contributed by atoms with Gasteiger partial charge in [-0.15, -0.1) is 0 Å². The van der Waals surface area contributed by atoms with E-state index in [9.17, 15) is 0 Å². The number of likely N-dealkylation sites (N-methyl/N-ethyl adjacent to an activating group) is 1. The SMILES string of the molecule is CNC(COc1ccc(C)c(C)c1)c1ccc(C)cc1C. The molecule has 0 heterocycles. The quantitative estimate of drug-likeness (QED) is 0.885.